The lowest BCUT2D eigenvalue weighted by molar-refractivity contribution is 0.000400. The number of para-hydroxylation sites is 3. The lowest BCUT2D eigenvalue weighted by Crippen LogP contribution is -2.34. The maximum Gasteiger partial charge on any atom is 0.162 e. The van der Waals surface area contributed by atoms with E-state index >= 15 is 0 Å². The van der Waals surface area contributed by atoms with Crippen molar-refractivity contribution in [2.75, 3.05) is 34.4 Å². The highest BCUT2D eigenvalue weighted by Gasteiger charge is 2.28. The first-order valence-electron chi connectivity index (χ1n) is 8.43. The summed E-state index contributed by atoms with van der Waals surface area (Å²) in [7, 11) is 5.23. The van der Waals surface area contributed by atoms with Crippen LogP contribution in [-0.4, -0.2) is 40.5 Å². The highest BCUT2D eigenvalue weighted by atomic mass is 16.6. The van der Waals surface area contributed by atoms with E-state index in [1.54, 1.807) is 14.2 Å². The monoisotopic (exact) mass is 345 g/mol. The van der Waals surface area contributed by atoms with Crippen LogP contribution in [0.15, 0.2) is 48.5 Å². The van der Waals surface area contributed by atoms with E-state index in [4.69, 9.17) is 18.9 Å². The van der Waals surface area contributed by atoms with Crippen LogP contribution >= 0.6 is 0 Å². The summed E-state index contributed by atoms with van der Waals surface area (Å²) in [6, 6.07) is 15.5. The van der Waals surface area contributed by atoms with Crippen molar-refractivity contribution in [3.63, 3.8) is 0 Å². The van der Waals surface area contributed by atoms with Gasteiger partial charge in [-0.1, -0.05) is 30.3 Å². The lowest BCUT2D eigenvalue weighted by Gasteiger charge is -2.29. The molecule has 0 radical (unpaired) electrons. The second-order valence-corrected chi connectivity index (χ2v) is 5.49. The molecule has 2 unspecified atom stereocenters. The summed E-state index contributed by atoms with van der Waals surface area (Å²) in [4.78, 5) is 0. The SMILES string of the molecule is CCOc1ccccc1OC(c1ccccc1OC)C(CNC)OC. The molecule has 25 heavy (non-hydrogen) atoms. The fourth-order valence-electron chi connectivity index (χ4n) is 2.72. The maximum atomic E-state index is 6.36. The molecule has 1 N–H and O–H groups in total. The molecule has 0 bridgehead atoms. The molecule has 0 aliphatic rings. The van der Waals surface area contributed by atoms with Gasteiger partial charge in [0.1, 0.15) is 11.9 Å². The Balaban J connectivity index is 2.42. The lowest BCUT2D eigenvalue weighted by atomic mass is 10.0. The normalized spacial score (nSPS) is 13.1. The Morgan fingerprint density at radius 2 is 1.56 bits per heavy atom. The average molecular weight is 345 g/mol. The Morgan fingerprint density at radius 3 is 2.16 bits per heavy atom. The number of benzene rings is 2. The molecule has 0 aliphatic carbocycles. The number of hydrogen-bond acceptors (Lipinski definition) is 5. The molecule has 0 aliphatic heterocycles. The number of methoxy groups -OCH3 is 2. The van der Waals surface area contributed by atoms with Gasteiger partial charge in [0.2, 0.25) is 0 Å². The minimum absolute atomic E-state index is 0.198. The van der Waals surface area contributed by atoms with E-state index in [1.807, 2.05) is 62.5 Å². The molecule has 2 aromatic rings. The van der Waals surface area contributed by atoms with Crippen molar-refractivity contribution in [2.24, 2.45) is 0 Å². The van der Waals surface area contributed by atoms with Gasteiger partial charge < -0.3 is 24.3 Å². The first-order chi connectivity index (χ1) is 12.2. The van der Waals surface area contributed by atoms with Gasteiger partial charge in [0.25, 0.3) is 0 Å². The van der Waals surface area contributed by atoms with E-state index in [0.717, 1.165) is 11.3 Å². The molecule has 136 valence electrons. The third-order valence-electron chi connectivity index (χ3n) is 3.89. The van der Waals surface area contributed by atoms with Crippen molar-refractivity contribution in [2.45, 2.75) is 19.1 Å². The minimum Gasteiger partial charge on any atom is -0.496 e. The summed E-state index contributed by atoms with van der Waals surface area (Å²) < 4.78 is 23.3. The van der Waals surface area contributed by atoms with Gasteiger partial charge in [0, 0.05) is 19.2 Å². The topological polar surface area (TPSA) is 49.0 Å². The summed E-state index contributed by atoms with van der Waals surface area (Å²) in [5.74, 6) is 2.15. The summed E-state index contributed by atoms with van der Waals surface area (Å²) in [5, 5.41) is 3.15. The first kappa shape index (κ1) is 19.1. The fourth-order valence-corrected chi connectivity index (χ4v) is 2.72. The van der Waals surface area contributed by atoms with Crippen molar-refractivity contribution in [3.05, 3.63) is 54.1 Å². The summed E-state index contributed by atoms with van der Waals surface area (Å²) in [6.07, 6.45) is -0.550. The van der Waals surface area contributed by atoms with Gasteiger partial charge in [-0.2, -0.15) is 0 Å². The maximum absolute atomic E-state index is 6.36. The predicted octanol–water partition coefficient (Wildman–Crippen LogP) is 3.45. The number of nitrogens with one attached hydrogen (secondary N) is 1. The standard InChI is InChI=1S/C20H27NO4/c1-5-24-17-12-8-9-13-18(17)25-20(19(23-4)14-21-2)15-10-6-7-11-16(15)22-3/h6-13,19-21H,5,14H2,1-4H3. The number of likely N-dealkylation sites (N-methyl/N-ethyl adjacent to an activating group) is 1. The molecule has 0 fully saturated rings. The van der Waals surface area contributed by atoms with Crippen molar-refractivity contribution >= 4 is 0 Å². The molecule has 2 atom stereocenters. The second-order valence-electron chi connectivity index (χ2n) is 5.49. The van der Waals surface area contributed by atoms with E-state index in [9.17, 15) is 0 Å². The summed E-state index contributed by atoms with van der Waals surface area (Å²) >= 11 is 0. The van der Waals surface area contributed by atoms with Crippen molar-refractivity contribution in [1.29, 1.82) is 0 Å². The summed E-state index contributed by atoms with van der Waals surface area (Å²) in [5.41, 5.74) is 0.929. The van der Waals surface area contributed by atoms with E-state index in [-0.39, 0.29) is 12.2 Å². The van der Waals surface area contributed by atoms with Crippen LogP contribution < -0.4 is 19.5 Å². The number of hydrogen-bond donors (Lipinski definition) is 1. The van der Waals surface area contributed by atoms with Crippen molar-refractivity contribution < 1.29 is 18.9 Å². The smallest absolute Gasteiger partial charge is 0.162 e. The highest BCUT2D eigenvalue weighted by Crippen LogP contribution is 2.36. The van der Waals surface area contributed by atoms with Crippen LogP contribution in [0.2, 0.25) is 0 Å². The summed E-state index contributed by atoms with van der Waals surface area (Å²) in [6.45, 7) is 3.16. The highest BCUT2D eigenvalue weighted by molar-refractivity contribution is 5.42. The Kier molecular flexibility index (Phi) is 7.57. The van der Waals surface area contributed by atoms with E-state index in [1.165, 1.54) is 0 Å². The fraction of sp³-hybridized carbons (Fsp3) is 0.400. The molecule has 0 aromatic heterocycles. The molecule has 0 saturated heterocycles. The Bertz CT molecular complexity index is 647. The third kappa shape index (κ3) is 4.87. The third-order valence-corrected chi connectivity index (χ3v) is 3.89. The van der Waals surface area contributed by atoms with Gasteiger partial charge in [0.05, 0.1) is 13.7 Å². The Morgan fingerprint density at radius 1 is 0.920 bits per heavy atom. The molecule has 0 heterocycles. The number of ether oxygens (including phenoxy) is 4. The van der Waals surface area contributed by atoms with Crippen LogP contribution in [0.1, 0.15) is 18.6 Å². The molecule has 0 amide bonds. The zero-order valence-electron chi connectivity index (χ0n) is 15.3. The quantitative estimate of drug-likeness (QED) is 0.715. The molecule has 2 aromatic carbocycles. The van der Waals surface area contributed by atoms with Crippen LogP contribution in [-0.2, 0) is 4.74 Å². The van der Waals surface area contributed by atoms with Gasteiger partial charge in [-0.25, -0.2) is 0 Å². The molecule has 2 rings (SSSR count). The van der Waals surface area contributed by atoms with E-state index < -0.39 is 0 Å². The van der Waals surface area contributed by atoms with Crippen LogP contribution in [0.3, 0.4) is 0 Å². The molecular weight excluding hydrogens is 318 g/mol. The zero-order valence-corrected chi connectivity index (χ0v) is 15.3. The minimum atomic E-state index is -0.352. The van der Waals surface area contributed by atoms with Gasteiger partial charge in [-0.05, 0) is 32.2 Å². The van der Waals surface area contributed by atoms with Gasteiger partial charge in [0.15, 0.2) is 17.6 Å². The Hall–Kier alpha value is -2.24. The molecule has 0 saturated carbocycles. The second kappa shape index (κ2) is 9.91. The molecular formula is C20H27NO4. The predicted molar refractivity (Wildman–Crippen MR) is 98.7 cm³/mol. The Labute approximate surface area is 149 Å². The van der Waals surface area contributed by atoms with Crippen LogP contribution in [0, 0.1) is 0 Å². The van der Waals surface area contributed by atoms with Gasteiger partial charge in [-0.3, -0.25) is 0 Å². The molecule has 5 nitrogen and oxygen atoms in total. The van der Waals surface area contributed by atoms with Crippen LogP contribution in [0.4, 0.5) is 0 Å². The zero-order chi connectivity index (χ0) is 18.1. The number of rotatable bonds is 10. The van der Waals surface area contributed by atoms with Crippen LogP contribution in [0.5, 0.6) is 17.2 Å². The largest absolute Gasteiger partial charge is 0.496 e. The van der Waals surface area contributed by atoms with Crippen molar-refractivity contribution in [3.8, 4) is 17.2 Å². The van der Waals surface area contributed by atoms with E-state index in [0.29, 0.717) is 24.7 Å². The molecule has 0 spiro atoms. The average Bonchev–Trinajstić information content (AvgIpc) is 2.66. The first-order valence-corrected chi connectivity index (χ1v) is 8.43. The van der Waals surface area contributed by atoms with E-state index in [2.05, 4.69) is 5.32 Å². The van der Waals surface area contributed by atoms with Gasteiger partial charge in [-0.15, -0.1) is 0 Å². The molecule has 5 heteroatoms. The van der Waals surface area contributed by atoms with Crippen LogP contribution in [0.25, 0.3) is 0 Å². The van der Waals surface area contributed by atoms with Crippen molar-refractivity contribution in [1.82, 2.24) is 5.32 Å². The van der Waals surface area contributed by atoms with Gasteiger partial charge >= 0.3 is 0 Å².